The maximum absolute atomic E-state index is 14.0. The van der Waals surface area contributed by atoms with Gasteiger partial charge in [-0.1, -0.05) is 24.3 Å². The molecule has 1 amide bonds. The molecule has 2 heterocycles. The summed E-state index contributed by atoms with van der Waals surface area (Å²) < 4.78 is 14.0. The highest BCUT2D eigenvalue weighted by molar-refractivity contribution is 5.94. The number of carbonyl (C=O) groups excluding carboxylic acids is 1. The third-order valence-electron chi connectivity index (χ3n) is 5.94. The Morgan fingerprint density at radius 1 is 0.897 bits per heavy atom. The molecule has 0 unspecified atom stereocenters. The van der Waals surface area contributed by atoms with Gasteiger partial charge in [0.25, 0.3) is 5.91 Å². The van der Waals surface area contributed by atoms with Crippen molar-refractivity contribution in [3.8, 4) is 0 Å². The van der Waals surface area contributed by atoms with Gasteiger partial charge in [0.15, 0.2) is 0 Å². The minimum Gasteiger partial charge on any atom is -0.367 e. The number of para-hydroxylation sites is 1. The summed E-state index contributed by atoms with van der Waals surface area (Å²) in [5, 5.41) is 0. The molecule has 2 fully saturated rings. The van der Waals surface area contributed by atoms with E-state index in [1.807, 2.05) is 35.2 Å². The van der Waals surface area contributed by atoms with Gasteiger partial charge in [-0.3, -0.25) is 9.69 Å². The van der Waals surface area contributed by atoms with Gasteiger partial charge in [0.2, 0.25) is 0 Å². The number of amides is 1. The van der Waals surface area contributed by atoms with Crippen molar-refractivity contribution in [2.24, 2.45) is 0 Å². The van der Waals surface area contributed by atoms with E-state index in [0.29, 0.717) is 5.69 Å². The molecule has 2 aromatic carbocycles. The number of benzene rings is 2. The van der Waals surface area contributed by atoms with E-state index in [1.54, 1.807) is 6.07 Å². The van der Waals surface area contributed by atoms with Crippen LogP contribution in [0.25, 0.3) is 0 Å². The van der Waals surface area contributed by atoms with Crippen molar-refractivity contribution in [3.63, 3.8) is 0 Å². The van der Waals surface area contributed by atoms with Crippen LogP contribution in [0.2, 0.25) is 0 Å². The Labute approximate surface area is 172 Å². The van der Waals surface area contributed by atoms with Crippen molar-refractivity contribution in [1.82, 2.24) is 14.7 Å². The molecule has 0 bridgehead atoms. The van der Waals surface area contributed by atoms with Gasteiger partial charge in [-0.25, -0.2) is 4.39 Å². The molecular formula is C23H29FN4O. The van der Waals surface area contributed by atoms with Gasteiger partial charge in [-0.05, 0) is 36.9 Å². The van der Waals surface area contributed by atoms with Crippen molar-refractivity contribution in [3.05, 3.63) is 65.5 Å². The molecule has 154 valence electrons. The van der Waals surface area contributed by atoms with Crippen LogP contribution >= 0.6 is 0 Å². The lowest BCUT2D eigenvalue weighted by Crippen LogP contribution is -2.47. The van der Waals surface area contributed by atoms with Gasteiger partial charge in [-0.15, -0.1) is 0 Å². The number of hydrogen-bond acceptors (Lipinski definition) is 4. The van der Waals surface area contributed by atoms with Crippen LogP contribution in [-0.4, -0.2) is 80.0 Å². The summed E-state index contributed by atoms with van der Waals surface area (Å²) in [5.41, 5.74) is 2.62. The summed E-state index contributed by atoms with van der Waals surface area (Å²) in [5.74, 6) is -0.0274. The first-order chi connectivity index (χ1) is 14.1. The zero-order valence-electron chi connectivity index (χ0n) is 17.1. The number of hydrogen-bond donors (Lipinski definition) is 0. The molecule has 29 heavy (non-hydrogen) atoms. The van der Waals surface area contributed by atoms with Crippen LogP contribution in [0.4, 0.5) is 10.1 Å². The van der Waals surface area contributed by atoms with E-state index in [-0.39, 0.29) is 11.7 Å². The second-order valence-corrected chi connectivity index (χ2v) is 8.01. The lowest BCUT2D eigenvalue weighted by atomic mass is 10.1. The fourth-order valence-corrected chi connectivity index (χ4v) is 4.11. The largest absolute Gasteiger partial charge is 0.367 e. The van der Waals surface area contributed by atoms with Crippen LogP contribution in [0.3, 0.4) is 0 Å². The topological polar surface area (TPSA) is 30.0 Å². The monoisotopic (exact) mass is 396 g/mol. The van der Waals surface area contributed by atoms with Gasteiger partial charge in [0, 0.05) is 64.5 Å². The normalized spacial score (nSPS) is 18.8. The van der Waals surface area contributed by atoms with Crippen LogP contribution in [0.5, 0.6) is 0 Å². The van der Waals surface area contributed by atoms with E-state index >= 15 is 0 Å². The number of rotatable bonds is 4. The van der Waals surface area contributed by atoms with Gasteiger partial charge in [-0.2, -0.15) is 0 Å². The Morgan fingerprint density at radius 3 is 2.34 bits per heavy atom. The molecule has 2 saturated heterocycles. The number of nitrogens with zero attached hydrogens (tertiary/aromatic N) is 4. The fourth-order valence-electron chi connectivity index (χ4n) is 4.11. The van der Waals surface area contributed by atoms with Crippen molar-refractivity contribution in [1.29, 1.82) is 0 Å². The Balaban J connectivity index is 1.34. The van der Waals surface area contributed by atoms with E-state index in [2.05, 4.69) is 27.8 Å². The smallest absolute Gasteiger partial charge is 0.253 e. The first-order valence-electron chi connectivity index (χ1n) is 10.4. The van der Waals surface area contributed by atoms with E-state index in [9.17, 15) is 9.18 Å². The molecule has 5 nitrogen and oxygen atoms in total. The number of halogens is 1. The molecule has 0 radical (unpaired) electrons. The van der Waals surface area contributed by atoms with Gasteiger partial charge >= 0.3 is 0 Å². The molecule has 6 heteroatoms. The predicted octanol–water partition coefficient (Wildman–Crippen LogP) is 2.54. The fraction of sp³-hybridized carbons (Fsp3) is 0.435. The average Bonchev–Trinajstić information content (AvgIpc) is 2.75. The number of carbonyl (C=O) groups is 1. The Hall–Kier alpha value is -2.44. The maximum Gasteiger partial charge on any atom is 0.253 e. The first-order valence-corrected chi connectivity index (χ1v) is 10.4. The maximum atomic E-state index is 14.0. The standard InChI is InChI=1S/C23H29FN4O/c1-25-9-13-28(14-10-25)23(29)20-6-4-5-19(17-20)18-26-11-15-27(16-12-26)22-8-3-2-7-21(22)24/h2-8,17H,9-16,18H2,1H3. The van der Waals surface area contributed by atoms with Crippen LogP contribution < -0.4 is 4.90 Å². The van der Waals surface area contributed by atoms with E-state index < -0.39 is 0 Å². The summed E-state index contributed by atoms with van der Waals surface area (Å²) >= 11 is 0. The highest BCUT2D eigenvalue weighted by atomic mass is 19.1. The number of piperazine rings is 2. The summed E-state index contributed by atoms with van der Waals surface area (Å²) in [7, 11) is 2.09. The summed E-state index contributed by atoms with van der Waals surface area (Å²) in [6, 6.07) is 15.0. The SMILES string of the molecule is CN1CCN(C(=O)c2cccc(CN3CCN(c4ccccc4F)CC3)c2)CC1. The lowest BCUT2D eigenvalue weighted by Gasteiger charge is -2.36. The second kappa shape index (κ2) is 8.93. The zero-order valence-corrected chi connectivity index (χ0v) is 17.1. The second-order valence-electron chi connectivity index (χ2n) is 8.01. The Bertz CT molecular complexity index is 842. The zero-order chi connectivity index (χ0) is 20.2. The average molecular weight is 397 g/mol. The van der Waals surface area contributed by atoms with Crippen LogP contribution in [0, 0.1) is 5.82 Å². The molecule has 0 spiro atoms. The Kier molecular flexibility index (Phi) is 6.11. The molecule has 0 aromatic heterocycles. The lowest BCUT2D eigenvalue weighted by molar-refractivity contribution is 0.0664. The molecule has 0 aliphatic carbocycles. The number of likely N-dealkylation sites (N-methyl/N-ethyl adjacent to an activating group) is 1. The molecule has 2 aliphatic heterocycles. The van der Waals surface area contributed by atoms with Crippen LogP contribution in [0.1, 0.15) is 15.9 Å². The molecular weight excluding hydrogens is 367 g/mol. The summed E-state index contributed by atoms with van der Waals surface area (Å²) in [6.45, 7) is 7.62. The van der Waals surface area contributed by atoms with Gasteiger partial charge in [0.1, 0.15) is 5.82 Å². The number of anilines is 1. The molecule has 0 N–H and O–H groups in total. The summed E-state index contributed by atoms with van der Waals surface area (Å²) in [6.07, 6.45) is 0. The minimum atomic E-state index is -0.156. The molecule has 2 aliphatic rings. The van der Waals surface area contributed by atoms with Crippen molar-refractivity contribution in [2.45, 2.75) is 6.54 Å². The van der Waals surface area contributed by atoms with E-state index in [1.165, 1.54) is 6.07 Å². The summed E-state index contributed by atoms with van der Waals surface area (Å²) in [4.78, 5) is 21.5. The molecule has 2 aromatic rings. The van der Waals surface area contributed by atoms with Crippen LogP contribution in [0.15, 0.2) is 48.5 Å². The van der Waals surface area contributed by atoms with Crippen molar-refractivity contribution >= 4 is 11.6 Å². The predicted molar refractivity (Wildman–Crippen MR) is 114 cm³/mol. The van der Waals surface area contributed by atoms with E-state index in [4.69, 9.17) is 0 Å². The third kappa shape index (κ3) is 4.77. The van der Waals surface area contributed by atoms with Crippen molar-refractivity contribution < 1.29 is 9.18 Å². The molecule has 4 rings (SSSR count). The first kappa shape index (κ1) is 19.9. The van der Waals surface area contributed by atoms with Crippen LogP contribution in [-0.2, 0) is 6.54 Å². The quantitative estimate of drug-likeness (QED) is 0.795. The highest BCUT2D eigenvalue weighted by Gasteiger charge is 2.22. The molecule has 0 atom stereocenters. The Morgan fingerprint density at radius 2 is 1.62 bits per heavy atom. The highest BCUT2D eigenvalue weighted by Crippen LogP contribution is 2.21. The van der Waals surface area contributed by atoms with E-state index in [0.717, 1.165) is 70.0 Å². The molecule has 0 saturated carbocycles. The van der Waals surface area contributed by atoms with Crippen molar-refractivity contribution in [2.75, 3.05) is 64.3 Å². The third-order valence-corrected chi connectivity index (χ3v) is 5.94. The van der Waals surface area contributed by atoms with Gasteiger partial charge in [0.05, 0.1) is 5.69 Å². The van der Waals surface area contributed by atoms with Gasteiger partial charge < -0.3 is 14.7 Å². The minimum absolute atomic E-state index is 0.129.